The summed E-state index contributed by atoms with van der Waals surface area (Å²) in [6.45, 7) is 7.16. The van der Waals surface area contributed by atoms with E-state index < -0.39 is 0 Å². The van der Waals surface area contributed by atoms with Gasteiger partial charge in [-0.25, -0.2) is 4.98 Å². The van der Waals surface area contributed by atoms with E-state index in [4.69, 9.17) is 16.3 Å². The van der Waals surface area contributed by atoms with Gasteiger partial charge in [0.25, 0.3) is 0 Å². The summed E-state index contributed by atoms with van der Waals surface area (Å²) in [5, 5.41) is 10.5. The Balaban J connectivity index is 1.40. The van der Waals surface area contributed by atoms with E-state index in [1.54, 1.807) is 6.20 Å². The summed E-state index contributed by atoms with van der Waals surface area (Å²) in [6.07, 6.45) is 7.11. The van der Waals surface area contributed by atoms with Crippen molar-refractivity contribution in [2.24, 2.45) is 11.8 Å². The first kappa shape index (κ1) is 24.0. The highest BCUT2D eigenvalue weighted by Crippen LogP contribution is 2.32. The Kier molecular flexibility index (Phi) is 8.23. The molecule has 3 atom stereocenters. The number of aromatic nitrogens is 1. The second-order valence-electron chi connectivity index (χ2n) is 9.57. The van der Waals surface area contributed by atoms with Gasteiger partial charge in [0.2, 0.25) is 5.91 Å². The molecule has 4 rings (SSSR count). The molecule has 2 aliphatic heterocycles. The number of piperidine rings is 1. The number of rotatable bonds is 7. The van der Waals surface area contributed by atoms with Gasteiger partial charge in [-0.15, -0.1) is 0 Å². The SMILES string of the molecule is CC1CC(CNc2cccc(-c3cc(NC(=O)CC4CCCNC4)ncc3Cl)c2)CC(C)O1. The molecule has 3 heterocycles. The number of nitrogens with zero attached hydrogens (tertiary/aromatic N) is 1. The largest absolute Gasteiger partial charge is 0.385 e. The summed E-state index contributed by atoms with van der Waals surface area (Å²) in [5.41, 5.74) is 2.91. The Morgan fingerprint density at radius 2 is 2.03 bits per heavy atom. The van der Waals surface area contributed by atoms with Crippen LogP contribution >= 0.6 is 11.6 Å². The molecule has 0 aliphatic carbocycles. The third-order valence-corrected chi connectivity index (χ3v) is 6.86. The van der Waals surface area contributed by atoms with Crippen LogP contribution in [0.3, 0.4) is 0 Å². The van der Waals surface area contributed by atoms with E-state index in [9.17, 15) is 4.79 Å². The Hall–Kier alpha value is -2.15. The first-order chi connectivity index (χ1) is 16.0. The van der Waals surface area contributed by atoms with Gasteiger partial charge in [-0.2, -0.15) is 0 Å². The van der Waals surface area contributed by atoms with E-state index in [-0.39, 0.29) is 5.91 Å². The number of nitrogens with one attached hydrogen (secondary N) is 3. The predicted molar refractivity (Wildman–Crippen MR) is 135 cm³/mol. The van der Waals surface area contributed by atoms with Crippen LogP contribution < -0.4 is 16.0 Å². The van der Waals surface area contributed by atoms with Crippen LogP contribution in [0.2, 0.25) is 5.02 Å². The second-order valence-corrected chi connectivity index (χ2v) is 9.98. The lowest BCUT2D eigenvalue weighted by Crippen LogP contribution is -2.32. The molecule has 33 heavy (non-hydrogen) atoms. The molecule has 2 fully saturated rings. The molecule has 2 aliphatic rings. The smallest absolute Gasteiger partial charge is 0.225 e. The summed E-state index contributed by atoms with van der Waals surface area (Å²) < 4.78 is 5.86. The first-order valence-corrected chi connectivity index (χ1v) is 12.5. The van der Waals surface area contributed by atoms with E-state index in [1.807, 2.05) is 18.2 Å². The van der Waals surface area contributed by atoms with Crippen molar-refractivity contribution < 1.29 is 9.53 Å². The minimum atomic E-state index is -0.000178. The number of halogens is 1. The zero-order chi connectivity index (χ0) is 23.2. The van der Waals surface area contributed by atoms with Crippen molar-refractivity contribution in [1.82, 2.24) is 10.3 Å². The molecule has 1 aromatic carbocycles. The van der Waals surface area contributed by atoms with Gasteiger partial charge in [0.05, 0.1) is 17.2 Å². The lowest BCUT2D eigenvalue weighted by molar-refractivity contribution is -0.117. The standard InChI is InChI=1S/C26H35ClN4O2/c1-17-9-20(10-18(2)33-17)15-29-22-7-3-6-21(12-22)23-13-25(30-16-24(23)27)31-26(32)11-19-5-4-8-28-14-19/h3,6-7,12-13,16-20,28-29H,4-5,8-11,14-15H2,1-2H3,(H,30,31,32). The average Bonchev–Trinajstić information content (AvgIpc) is 2.79. The lowest BCUT2D eigenvalue weighted by Gasteiger charge is -2.32. The summed E-state index contributed by atoms with van der Waals surface area (Å²) in [7, 11) is 0. The molecule has 178 valence electrons. The van der Waals surface area contributed by atoms with Gasteiger partial charge < -0.3 is 20.7 Å². The quantitative estimate of drug-likeness (QED) is 0.508. The number of hydrogen-bond donors (Lipinski definition) is 3. The lowest BCUT2D eigenvalue weighted by atomic mass is 9.92. The molecule has 1 amide bonds. The van der Waals surface area contributed by atoms with Crippen LogP contribution in [0, 0.1) is 11.8 Å². The second kappa shape index (κ2) is 11.3. The topological polar surface area (TPSA) is 75.3 Å². The van der Waals surface area contributed by atoms with Crippen LogP contribution in [0.15, 0.2) is 36.5 Å². The molecule has 2 saturated heterocycles. The summed E-state index contributed by atoms with van der Waals surface area (Å²) in [6, 6.07) is 10.1. The fourth-order valence-corrected chi connectivity index (χ4v) is 5.26. The van der Waals surface area contributed by atoms with Crippen molar-refractivity contribution in [2.75, 3.05) is 30.3 Å². The van der Waals surface area contributed by atoms with Crippen LogP contribution in [-0.4, -0.2) is 42.7 Å². The van der Waals surface area contributed by atoms with Crippen LogP contribution in [0.4, 0.5) is 11.5 Å². The number of carbonyl (C=O) groups is 1. The maximum Gasteiger partial charge on any atom is 0.225 e. The van der Waals surface area contributed by atoms with Crippen LogP contribution in [-0.2, 0) is 9.53 Å². The van der Waals surface area contributed by atoms with Crippen molar-refractivity contribution in [2.45, 2.75) is 58.2 Å². The van der Waals surface area contributed by atoms with Crippen LogP contribution in [0.1, 0.15) is 46.0 Å². The average molecular weight is 471 g/mol. The van der Waals surface area contributed by atoms with Gasteiger partial charge in [-0.05, 0) is 88.2 Å². The Bertz CT molecular complexity index is 938. The fourth-order valence-electron chi connectivity index (χ4n) is 5.05. The summed E-state index contributed by atoms with van der Waals surface area (Å²) in [5.74, 6) is 1.51. The Morgan fingerprint density at radius 3 is 2.79 bits per heavy atom. The molecule has 3 N–H and O–H groups in total. The Labute approximate surface area is 201 Å². The molecule has 6 nitrogen and oxygen atoms in total. The predicted octanol–water partition coefficient (Wildman–Crippen LogP) is 5.35. The van der Waals surface area contributed by atoms with Gasteiger partial charge in [-0.1, -0.05) is 23.7 Å². The van der Waals surface area contributed by atoms with Crippen molar-refractivity contribution in [3.63, 3.8) is 0 Å². The maximum atomic E-state index is 12.5. The number of benzene rings is 1. The summed E-state index contributed by atoms with van der Waals surface area (Å²) in [4.78, 5) is 16.8. The molecule has 1 aromatic heterocycles. The monoisotopic (exact) mass is 470 g/mol. The molecular formula is C26H35ClN4O2. The van der Waals surface area contributed by atoms with Gasteiger partial charge in [0.15, 0.2) is 0 Å². The number of anilines is 2. The van der Waals surface area contributed by atoms with E-state index in [0.29, 0.717) is 41.3 Å². The molecule has 0 bridgehead atoms. The number of pyridine rings is 1. The third-order valence-electron chi connectivity index (χ3n) is 6.56. The van der Waals surface area contributed by atoms with Gasteiger partial charge >= 0.3 is 0 Å². The zero-order valence-corrected chi connectivity index (χ0v) is 20.3. The molecule has 0 saturated carbocycles. The first-order valence-electron chi connectivity index (χ1n) is 12.1. The van der Waals surface area contributed by atoms with Crippen LogP contribution in [0.5, 0.6) is 0 Å². The van der Waals surface area contributed by atoms with Gasteiger partial charge in [-0.3, -0.25) is 4.79 Å². The van der Waals surface area contributed by atoms with E-state index >= 15 is 0 Å². The molecule has 3 unspecified atom stereocenters. The zero-order valence-electron chi connectivity index (χ0n) is 19.6. The van der Waals surface area contributed by atoms with Crippen molar-refractivity contribution in [1.29, 1.82) is 0 Å². The third kappa shape index (κ3) is 6.92. The highest BCUT2D eigenvalue weighted by Gasteiger charge is 2.24. The molecule has 0 radical (unpaired) electrons. The number of hydrogen-bond acceptors (Lipinski definition) is 5. The molecular weight excluding hydrogens is 436 g/mol. The van der Waals surface area contributed by atoms with E-state index in [0.717, 1.165) is 62.1 Å². The maximum absolute atomic E-state index is 12.5. The highest BCUT2D eigenvalue weighted by atomic mass is 35.5. The van der Waals surface area contributed by atoms with Crippen LogP contribution in [0.25, 0.3) is 11.1 Å². The molecule has 2 aromatic rings. The van der Waals surface area contributed by atoms with Crippen molar-refractivity contribution in [3.05, 3.63) is 41.6 Å². The normalized spacial score (nSPS) is 25.4. The number of amides is 1. The molecule has 0 spiro atoms. The van der Waals surface area contributed by atoms with Crippen molar-refractivity contribution in [3.8, 4) is 11.1 Å². The number of carbonyl (C=O) groups excluding carboxylic acids is 1. The highest BCUT2D eigenvalue weighted by molar-refractivity contribution is 6.33. The summed E-state index contributed by atoms with van der Waals surface area (Å²) >= 11 is 6.49. The van der Waals surface area contributed by atoms with E-state index in [2.05, 4.69) is 46.9 Å². The Morgan fingerprint density at radius 1 is 1.21 bits per heavy atom. The van der Waals surface area contributed by atoms with Gasteiger partial charge in [0.1, 0.15) is 5.82 Å². The van der Waals surface area contributed by atoms with E-state index in [1.165, 1.54) is 0 Å². The van der Waals surface area contributed by atoms with Crippen molar-refractivity contribution >= 4 is 29.0 Å². The minimum absolute atomic E-state index is 0.000178. The van der Waals surface area contributed by atoms with Gasteiger partial charge in [0, 0.05) is 30.4 Å². The fraction of sp³-hybridized carbons (Fsp3) is 0.538. The molecule has 7 heteroatoms. The number of ether oxygens (including phenoxy) is 1. The minimum Gasteiger partial charge on any atom is -0.385 e.